The summed E-state index contributed by atoms with van der Waals surface area (Å²) >= 11 is 0. The van der Waals surface area contributed by atoms with Crippen molar-refractivity contribution in [1.82, 2.24) is 24.5 Å². The number of rotatable bonds is 5. The SMILES string of the molecule is Nc1nn2cc3c(nc2c1CNc1cnccc1-c1ccccc1)CCN(C1COC1)C3. The standard InChI is InChI=1S/C24H25N7O/c25-23-20(10-27-22-11-26-8-6-19(22)16-4-2-1-3-5-16)24-28-21-7-9-30(18-14-32-15-18)12-17(21)13-31(24)29-23/h1-6,8,11,13,18,27H,7,9-10,12,14-15H2,(H2,25,29). The maximum absolute atomic E-state index is 6.32. The molecule has 32 heavy (non-hydrogen) atoms. The summed E-state index contributed by atoms with van der Waals surface area (Å²) in [4.78, 5) is 11.8. The van der Waals surface area contributed by atoms with Crippen molar-refractivity contribution in [2.75, 3.05) is 30.8 Å². The Morgan fingerprint density at radius 1 is 1.16 bits per heavy atom. The molecule has 6 rings (SSSR count). The van der Waals surface area contributed by atoms with E-state index in [0.717, 1.165) is 66.4 Å². The van der Waals surface area contributed by atoms with Crippen LogP contribution in [0.1, 0.15) is 16.8 Å². The van der Waals surface area contributed by atoms with Crippen LogP contribution in [-0.4, -0.2) is 50.3 Å². The van der Waals surface area contributed by atoms with Crippen molar-refractivity contribution in [3.8, 4) is 11.1 Å². The highest BCUT2D eigenvalue weighted by atomic mass is 16.5. The van der Waals surface area contributed by atoms with Gasteiger partial charge in [0.2, 0.25) is 0 Å². The van der Waals surface area contributed by atoms with Crippen LogP contribution in [0.15, 0.2) is 55.0 Å². The second-order valence-corrected chi connectivity index (χ2v) is 8.40. The lowest BCUT2D eigenvalue weighted by molar-refractivity contribution is -0.0697. The predicted molar refractivity (Wildman–Crippen MR) is 123 cm³/mol. The van der Waals surface area contributed by atoms with Gasteiger partial charge < -0.3 is 15.8 Å². The highest BCUT2D eigenvalue weighted by Crippen LogP contribution is 2.29. The summed E-state index contributed by atoms with van der Waals surface area (Å²) in [6.45, 7) is 4.08. The first-order valence-electron chi connectivity index (χ1n) is 11.0. The summed E-state index contributed by atoms with van der Waals surface area (Å²) in [5.74, 6) is 0.502. The van der Waals surface area contributed by atoms with Crippen LogP contribution in [-0.2, 0) is 24.2 Å². The number of nitrogen functional groups attached to an aromatic ring is 1. The van der Waals surface area contributed by atoms with E-state index < -0.39 is 0 Å². The van der Waals surface area contributed by atoms with E-state index in [9.17, 15) is 0 Å². The third-order valence-electron chi connectivity index (χ3n) is 6.41. The lowest BCUT2D eigenvalue weighted by atomic mass is 10.0. The zero-order valence-electron chi connectivity index (χ0n) is 17.7. The largest absolute Gasteiger partial charge is 0.382 e. The monoisotopic (exact) mass is 427 g/mol. The van der Waals surface area contributed by atoms with Crippen molar-refractivity contribution in [2.24, 2.45) is 0 Å². The average molecular weight is 428 g/mol. The maximum Gasteiger partial charge on any atom is 0.162 e. The van der Waals surface area contributed by atoms with Crippen molar-refractivity contribution in [1.29, 1.82) is 0 Å². The van der Waals surface area contributed by atoms with Crippen molar-refractivity contribution in [3.63, 3.8) is 0 Å². The van der Waals surface area contributed by atoms with Gasteiger partial charge in [0.25, 0.3) is 0 Å². The molecule has 0 aliphatic carbocycles. The number of nitrogens with zero attached hydrogens (tertiary/aromatic N) is 5. The van der Waals surface area contributed by atoms with Gasteiger partial charge in [-0.2, -0.15) is 0 Å². The molecule has 0 amide bonds. The molecule has 8 nitrogen and oxygen atoms in total. The summed E-state index contributed by atoms with van der Waals surface area (Å²) in [5.41, 5.74) is 13.6. The van der Waals surface area contributed by atoms with Crippen LogP contribution < -0.4 is 11.1 Å². The Balaban J connectivity index is 1.28. The smallest absolute Gasteiger partial charge is 0.162 e. The van der Waals surface area contributed by atoms with Gasteiger partial charge in [-0.05, 0) is 11.6 Å². The molecule has 2 aliphatic rings. The van der Waals surface area contributed by atoms with Gasteiger partial charge in [0.1, 0.15) is 0 Å². The van der Waals surface area contributed by atoms with Crippen LogP contribution in [0.3, 0.4) is 0 Å². The van der Waals surface area contributed by atoms with E-state index in [2.05, 4.69) is 38.6 Å². The number of hydrogen-bond donors (Lipinski definition) is 2. The van der Waals surface area contributed by atoms with Crippen LogP contribution in [0, 0.1) is 0 Å². The first-order chi connectivity index (χ1) is 15.8. The molecule has 0 atom stereocenters. The Morgan fingerprint density at radius 2 is 2.03 bits per heavy atom. The molecule has 1 aromatic carbocycles. The molecule has 4 aromatic rings. The molecule has 8 heteroatoms. The lowest BCUT2D eigenvalue weighted by Gasteiger charge is -2.39. The second kappa shape index (κ2) is 7.89. The zero-order valence-corrected chi connectivity index (χ0v) is 17.7. The molecule has 3 aromatic heterocycles. The van der Waals surface area contributed by atoms with E-state index in [4.69, 9.17) is 15.5 Å². The van der Waals surface area contributed by atoms with Gasteiger partial charge in [-0.3, -0.25) is 9.88 Å². The lowest BCUT2D eigenvalue weighted by Crippen LogP contribution is -2.50. The first-order valence-corrected chi connectivity index (χ1v) is 11.0. The minimum absolute atomic E-state index is 0.502. The van der Waals surface area contributed by atoms with Crippen molar-refractivity contribution in [3.05, 3.63) is 71.8 Å². The Bertz CT molecular complexity index is 1270. The Morgan fingerprint density at radius 3 is 2.84 bits per heavy atom. The fourth-order valence-electron chi connectivity index (χ4n) is 4.51. The van der Waals surface area contributed by atoms with Crippen molar-refractivity contribution in [2.45, 2.75) is 25.6 Å². The van der Waals surface area contributed by atoms with Crippen LogP contribution >= 0.6 is 0 Å². The molecular formula is C24H25N7O. The summed E-state index contributed by atoms with van der Waals surface area (Å²) < 4.78 is 7.19. The molecule has 162 valence electrons. The predicted octanol–water partition coefficient (Wildman–Crippen LogP) is 2.74. The number of aromatic nitrogens is 4. The van der Waals surface area contributed by atoms with E-state index in [1.807, 2.05) is 41.2 Å². The highest BCUT2D eigenvalue weighted by molar-refractivity contribution is 5.77. The molecule has 0 spiro atoms. The zero-order chi connectivity index (χ0) is 21.5. The normalized spacial score (nSPS) is 16.6. The van der Waals surface area contributed by atoms with Gasteiger partial charge in [0.15, 0.2) is 11.5 Å². The number of fused-ring (bicyclic) bond motifs is 2. The molecule has 1 saturated heterocycles. The summed E-state index contributed by atoms with van der Waals surface area (Å²) in [7, 11) is 0. The third-order valence-corrected chi connectivity index (χ3v) is 6.41. The Kier molecular flexibility index (Phi) is 4.74. The molecule has 5 heterocycles. The van der Waals surface area contributed by atoms with Crippen LogP contribution in [0.25, 0.3) is 16.8 Å². The van der Waals surface area contributed by atoms with E-state index in [-0.39, 0.29) is 0 Å². The maximum atomic E-state index is 6.32. The van der Waals surface area contributed by atoms with Gasteiger partial charge >= 0.3 is 0 Å². The molecular weight excluding hydrogens is 402 g/mol. The number of hydrogen-bond acceptors (Lipinski definition) is 7. The van der Waals surface area contributed by atoms with E-state index >= 15 is 0 Å². The molecule has 1 fully saturated rings. The Labute approximate surface area is 186 Å². The third kappa shape index (κ3) is 3.37. The minimum Gasteiger partial charge on any atom is -0.382 e. The number of nitrogens with two attached hydrogens (primary N) is 1. The first kappa shape index (κ1) is 19.2. The molecule has 0 bridgehead atoms. The van der Waals surface area contributed by atoms with Crippen molar-refractivity contribution < 1.29 is 4.74 Å². The van der Waals surface area contributed by atoms with Crippen LogP contribution in [0.4, 0.5) is 11.5 Å². The minimum atomic E-state index is 0.502. The molecule has 0 unspecified atom stereocenters. The number of nitrogens with one attached hydrogen (secondary N) is 1. The quantitative estimate of drug-likeness (QED) is 0.506. The summed E-state index contributed by atoms with van der Waals surface area (Å²) in [6, 6.07) is 12.8. The number of anilines is 2. The van der Waals surface area contributed by atoms with Crippen LogP contribution in [0.2, 0.25) is 0 Å². The van der Waals surface area contributed by atoms with Gasteiger partial charge in [0.05, 0.1) is 42.4 Å². The molecule has 2 aliphatic heterocycles. The molecule has 0 saturated carbocycles. The van der Waals surface area contributed by atoms with E-state index in [1.165, 1.54) is 5.56 Å². The van der Waals surface area contributed by atoms with Crippen LogP contribution in [0.5, 0.6) is 0 Å². The fourth-order valence-corrected chi connectivity index (χ4v) is 4.51. The van der Waals surface area contributed by atoms with E-state index in [0.29, 0.717) is 18.4 Å². The fraction of sp³-hybridized carbons (Fsp3) is 0.292. The number of ether oxygens (including phenoxy) is 1. The number of pyridine rings is 1. The molecule has 0 radical (unpaired) electrons. The average Bonchev–Trinajstić information content (AvgIpc) is 3.09. The van der Waals surface area contributed by atoms with Gasteiger partial charge in [0, 0.05) is 49.6 Å². The summed E-state index contributed by atoms with van der Waals surface area (Å²) in [5, 5.41) is 8.06. The van der Waals surface area contributed by atoms with Gasteiger partial charge in [-0.15, -0.1) is 5.10 Å². The number of benzene rings is 1. The van der Waals surface area contributed by atoms with Gasteiger partial charge in [-0.25, -0.2) is 9.50 Å². The van der Waals surface area contributed by atoms with E-state index in [1.54, 1.807) is 0 Å². The highest BCUT2D eigenvalue weighted by Gasteiger charge is 2.30. The van der Waals surface area contributed by atoms with Gasteiger partial charge in [-0.1, -0.05) is 30.3 Å². The summed E-state index contributed by atoms with van der Waals surface area (Å²) in [6.07, 6.45) is 6.67. The molecule has 3 N–H and O–H groups in total. The second-order valence-electron chi connectivity index (χ2n) is 8.40. The Hall–Kier alpha value is -3.49. The topological polar surface area (TPSA) is 93.6 Å². The van der Waals surface area contributed by atoms with Crippen molar-refractivity contribution >= 4 is 17.2 Å².